The van der Waals surface area contributed by atoms with E-state index in [4.69, 9.17) is 11.6 Å². The summed E-state index contributed by atoms with van der Waals surface area (Å²) in [6.45, 7) is 0. The number of hydrogen-bond acceptors (Lipinski definition) is 1. The van der Waals surface area contributed by atoms with Gasteiger partial charge in [-0.05, 0) is 35.4 Å². The fourth-order valence-corrected chi connectivity index (χ4v) is 2.94. The van der Waals surface area contributed by atoms with Crippen molar-refractivity contribution >= 4 is 43.5 Å². The third-order valence-corrected chi connectivity index (χ3v) is 4.11. The summed E-state index contributed by atoms with van der Waals surface area (Å²) in [5.41, 5.74) is 1.94. The van der Waals surface area contributed by atoms with Crippen molar-refractivity contribution in [1.82, 2.24) is 0 Å². The fraction of sp³-hybridized carbons (Fsp3) is 0.143. The monoisotopic (exact) mass is 388 g/mol. The predicted octanol–water partition coefficient (Wildman–Crippen LogP) is 5.14. The molecule has 1 unspecified atom stereocenters. The van der Waals surface area contributed by atoms with E-state index < -0.39 is 6.10 Å². The normalized spacial score (nSPS) is 12.4. The molecule has 1 N–H and O–H groups in total. The molecule has 0 heterocycles. The van der Waals surface area contributed by atoms with E-state index in [1.807, 2.05) is 30.3 Å². The third-order valence-electron chi connectivity index (χ3n) is 2.66. The highest BCUT2D eigenvalue weighted by Gasteiger charge is 2.12. The van der Waals surface area contributed by atoms with Crippen molar-refractivity contribution in [3.8, 4) is 0 Å². The van der Waals surface area contributed by atoms with Crippen molar-refractivity contribution in [2.24, 2.45) is 0 Å². The molecule has 0 aromatic heterocycles. The van der Waals surface area contributed by atoms with Crippen molar-refractivity contribution < 1.29 is 5.11 Å². The van der Waals surface area contributed by atoms with Crippen molar-refractivity contribution in [2.45, 2.75) is 12.5 Å². The number of hydrogen-bond donors (Lipinski definition) is 1. The number of aliphatic hydroxyl groups is 1. The molecule has 2 aromatic carbocycles. The number of benzene rings is 2. The fourth-order valence-electron chi connectivity index (χ4n) is 1.73. The van der Waals surface area contributed by atoms with Crippen LogP contribution in [0.25, 0.3) is 0 Å². The van der Waals surface area contributed by atoms with E-state index >= 15 is 0 Å². The van der Waals surface area contributed by atoms with Gasteiger partial charge in [-0.15, -0.1) is 0 Å². The highest BCUT2D eigenvalue weighted by Crippen LogP contribution is 2.28. The molecule has 0 aliphatic heterocycles. The zero-order chi connectivity index (χ0) is 13.1. The van der Waals surface area contributed by atoms with Gasteiger partial charge in [0.25, 0.3) is 0 Å². The molecule has 0 saturated heterocycles. The molecule has 94 valence electrons. The van der Waals surface area contributed by atoms with Crippen molar-refractivity contribution in [3.63, 3.8) is 0 Å². The van der Waals surface area contributed by atoms with Gasteiger partial charge in [-0.2, -0.15) is 0 Å². The Morgan fingerprint density at radius 2 is 1.72 bits per heavy atom. The van der Waals surface area contributed by atoms with E-state index in [-0.39, 0.29) is 0 Å². The van der Waals surface area contributed by atoms with Crippen LogP contribution >= 0.6 is 43.5 Å². The SMILES string of the molecule is OC(Cc1ccc(Br)cc1)c1ccc(Cl)cc1Br. The van der Waals surface area contributed by atoms with Gasteiger partial charge in [0.2, 0.25) is 0 Å². The molecule has 0 amide bonds. The minimum absolute atomic E-state index is 0.544. The van der Waals surface area contributed by atoms with Gasteiger partial charge in [-0.1, -0.05) is 61.7 Å². The molecule has 0 fully saturated rings. The van der Waals surface area contributed by atoms with E-state index in [0.29, 0.717) is 11.4 Å². The van der Waals surface area contributed by atoms with E-state index in [1.165, 1.54) is 0 Å². The maximum atomic E-state index is 10.2. The Balaban J connectivity index is 2.16. The zero-order valence-electron chi connectivity index (χ0n) is 9.41. The zero-order valence-corrected chi connectivity index (χ0v) is 13.3. The smallest absolute Gasteiger partial charge is 0.0841 e. The van der Waals surface area contributed by atoms with Gasteiger partial charge in [0.05, 0.1) is 6.10 Å². The van der Waals surface area contributed by atoms with Crippen molar-refractivity contribution in [2.75, 3.05) is 0 Å². The Morgan fingerprint density at radius 1 is 1.06 bits per heavy atom. The van der Waals surface area contributed by atoms with Gasteiger partial charge >= 0.3 is 0 Å². The molecule has 2 aromatic rings. The standard InChI is InChI=1S/C14H11Br2ClO/c15-10-3-1-9(2-4-10)7-14(18)12-6-5-11(17)8-13(12)16/h1-6,8,14,18H,7H2. The van der Waals surface area contributed by atoms with Crippen LogP contribution < -0.4 is 0 Å². The lowest BCUT2D eigenvalue weighted by atomic mass is 10.0. The van der Waals surface area contributed by atoms with Crippen LogP contribution in [0.1, 0.15) is 17.2 Å². The molecule has 0 spiro atoms. The van der Waals surface area contributed by atoms with Crippen LogP contribution in [0.5, 0.6) is 0 Å². The summed E-state index contributed by atoms with van der Waals surface area (Å²) in [6, 6.07) is 13.4. The van der Waals surface area contributed by atoms with Crippen LogP contribution in [-0.4, -0.2) is 5.11 Å². The van der Waals surface area contributed by atoms with Crippen LogP contribution in [0.2, 0.25) is 5.02 Å². The molecule has 1 atom stereocenters. The van der Waals surface area contributed by atoms with Crippen LogP contribution in [0.4, 0.5) is 0 Å². The highest BCUT2D eigenvalue weighted by molar-refractivity contribution is 9.10. The second-order valence-corrected chi connectivity index (χ2v) is 6.22. The van der Waals surface area contributed by atoms with Crippen LogP contribution in [0.3, 0.4) is 0 Å². The lowest BCUT2D eigenvalue weighted by Gasteiger charge is -2.13. The molecular weight excluding hydrogens is 379 g/mol. The van der Waals surface area contributed by atoms with Crippen LogP contribution in [-0.2, 0) is 6.42 Å². The summed E-state index contributed by atoms with van der Waals surface area (Å²) in [6.07, 6.45) is 0.0332. The highest BCUT2D eigenvalue weighted by atomic mass is 79.9. The first-order valence-corrected chi connectivity index (χ1v) is 7.40. The Labute approximate surface area is 128 Å². The maximum absolute atomic E-state index is 10.2. The Bertz CT molecular complexity index is 540. The number of rotatable bonds is 3. The lowest BCUT2D eigenvalue weighted by molar-refractivity contribution is 0.177. The average molecular weight is 391 g/mol. The molecule has 0 aliphatic carbocycles. The second kappa shape index (κ2) is 6.20. The Hall–Kier alpha value is -0.350. The van der Waals surface area contributed by atoms with Gasteiger partial charge in [0.1, 0.15) is 0 Å². The first-order chi connectivity index (χ1) is 8.56. The second-order valence-electron chi connectivity index (χ2n) is 4.01. The lowest BCUT2D eigenvalue weighted by Crippen LogP contribution is -2.02. The molecule has 1 nitrogen and oxygen atoms in total. The van der Waals surface area contributed by atoms with E-state index in [9.17, 15) is 5.11 Å². The molecular formula is C14H11Br2ClO. The van der Waals surface area contributed by atoms with Crippen molar-refractivity contribution in [3.05, 3.63) is 67.6 Å². The van der Waals surface area contributed by atoms with E-state index in [0.717, 1.165) is 20.1 Å². The first kappa shape index (κ1) is 14.1. The topological polar surface area (TPSA) is 20.2 Å². The molecule has 0 radical (unpaired) electrons. The van der Waals surface area contributed by atoms with Gasteiger partial charge < -0.3 is 5.11 Å². The summed E-state index contributed by atoms with van der Waals surface area (Å²) < 4.78 is 1.87. The predicted molar refractivity (Wildman–Crippen MR) is 82.0 cm³/mol. The average Bonchev–Trinajstić information content (AvgIpc) is 2.32. The summed E-state index contributed by atoms with van der Waals surface area (Å²) in [4.78, 5) is 0. The van der Waals surface area contributed by atoms with Gasteiger partial charge in [0.15, 0.2) is 0 Å². The Kier molecular flexibility index (Phi) is 4.84. The molecule has 18 heavy (non-hydrogen) atoms. The van der Waals surface area contributed by atoms with Crippen LogP contribution in [0, 0.1) is 0 Å². The van der Waals surface area contributed by atoms with Gasteiger partial charge in [0, 0.05) is 20.4 Å². The van der Waals surface area contributed by atoms with Crippen molar-refractivity contribution in [1.29, 1.82) is 0 Å². The summed E-state index contributed by atoms with van der Waals surface area (Å²) >= 11 is 12.7. The molecule has 0 aliphatic rings. The summed E-state index contributed by atoms with van der Waals surface area (Å²) in [5, 5.41) is 10.9. The minimum Gasteiger partial charge on any atom is -0.388 e. The van der Waals surface area contributed by atoms with Crippen LogP contribution in [0.15, 0.2) is 51.4 Å². The molecule has 0 bridgehead atoms. The van der Waals surface area contributed by atoms with E-state index in [1.54, 1.807) is 12.1 Å². The number of halogens is 3. The molecule has 0 saturated carbocycles. The largest absolute Gasteiger partial charge is 0.388 e. The minimum atomic E-state index is -0.544. The van der Waals surface area contributed by atoms with E-state index in [2.05, 4.69) is 31.9 Å². The van der Waals surface area contributed by atoms with Gasteiger partial charge in [-0.25, -0.2) is 0 Å². The molecule has 4 heteroatoms. The maximum Gasteiger partial charge on any atom is 0.0841 e. The molecule has 2 rings (SSSR count). The number of aliphatic hydroxyl groups excluding tert-OH is 1. The summed E-state index contributed by atoms with van der Waals surface area (Å²) in [5.74, 6) is 0. The summed E-state index contributed by atoms with van der Waals surface area (Å²) in [7, 11) is 0. The first-order valence-electron chi connectivity index (χ1n) is 5.44. The Morgan fingerprint density at radius 3 is 2.33 bits per heavy atom. The quantitative estimate of drug-likeness (QED) is 0.769. The third kappa shape index (κ3) is 3.58. The van der Waals surface area contributed by atoms with Gasteiger partial charge in [-0.3, -0.25) is 0 Å².